The molecule has 18 heavy (non-hydrogen) atoms. The van der Waals surface area contributed by atoms with Gasteiger partial charge in [-0.1, -0.05) is 0 Å². The first-order valence-electron chi connectivity index (χ1n) is 5.92. The van der Waals surface area contributed by atoms with E-state index in [1.807, 2.05) is 20.8 Å². The van der Waals surface area contributed by atoms with Gasteiger partial charge in [-0.2, -0.15) is 0 Å². The van der Waals surface area contributed by atoms with E-state index in [0.717, 1.165) is 0 Å². The van der Waals surface area contributed by atoms with Gasteiger partial charge in [0.1, 0.15) is 5.60 Å². The van der Waals surface area contributed by atoms with Crippen LogP contribution in [0.25, 0.3) is 4.85 Å². The van der Waals surface area contributed by atoms with E-state index in [0.29, 0.717) is 26.2 Å². The lowest BCUT2D eigenvalue weighted by Crippen LogP contribution is -2.52. The molecule has 0 aromatic rings. The highest BCUT2D eigenvalue weighted by molar-refractivity contribution is 5.80. The van der Waals surface area contributed by atoms with Crippen molar-refractivity contribution in [2.45, 2.75) is 26.4 Å². The zero-order chi connectivity index (χ0) is 13.8. The van der Waals surface area contributed by atoms with Crippen molar-refractivity contribution >= 4 is 12.0 Å². The fourth-order valence-electron chi connectivity index (χ4n) is 1.63. The van der Waals surface area contributed by atoms with E-state index in [1.165, 1.54) is 0 Å². The van der Waals surface area contributed by atoms with Crippen LogP contribution in [0.5, 0.6) is 0 Å². The van der Waals surface area contributed by atoms with Gasteiger partial charge in [-0.25, -0.2) is 11.4 Å². The molecule has 0 aromatic heterocycles. The molecule has 0 saturated carbocycles. The van der Waals surface area contributed by atoms with Crippen LogP contribution >= 0.6 is 0 Å². The van der Waals surface area contributed by atoms with Gasteiger partial charge in [0.15, 0.2) is 0 Å². The molecule has 6 nitrogen and oxygen atoms in total. The largest absolute Gasteiger partial charge is 0.444 e. The smallest absolute Gasteiger partial charge is 0.410 e. The second-order valence-electron chi connectivity index (χ2n) is 5.16. The minimum atomic E-state index is -0.506. The Balaban J connectivity index is 2.42. The normalized spacial score (nSPS) is 16.1. The first-order valence-corrected chi connectivity index (χ1v) is 5.92. The molecule has 0 aliphatic carbocycles. The van der Waals surface area contributed by atoms with Crippen LogP contribution in [-0.2, 0) is 9.53 Å². The Morgan fingerprint density at radius 3 is 2.11 bits per heavy atom. The number of amides is 2. The van der Waals surface area contributed by atoms with Gasteiger partial charge in [0.05, 0.1) is 0 Å². The average Bonchev–Trinajstić information content (AvgIpc) is 2.27. The second-order valence-corrected chi connectivity index (χ2v) is 5.16. The van der Waals surface area contributed by atoms with Gasteiger partial charge in [-0.05, 0) is 20.8 Å². The SMILES string of the molecule is [C-]#[N+]CC(=O)N1CCN(C(=O)OC(C)(C)C)CC1. The van der Waals surface area contributed by atoms with Crippen molar-refractivity contribution in [3.63, 3.8) is 0 Å². The topological polar surface area (TPSA) is 54.2 Å². The monoisotopic (exact) mass is 253 g/mol. The summed E-state index contributed by atoms with van der Waals surface area (Å²) < 4.78 is 5.26. The van der Waals surface area contributed by atoms with Crippen molar-refractivity contribution in [3.8, 4) is 0 Å². The van der Waals surface area contributed by atoms with Crippen LogP contribution in [0.4, 0.5) is 4.79 Å². The van der Waals surface area contributed by atoms with Crippen LogP contribution in [0.2, 0.25) is 0 Å². The molecule has 1 aliphatic heterocycles. The molecule has 2 amide bonds. The fourth-order valence-corrected chi connectivity index (χ4v) is 1.63. The summed E-state index contributed by atoms with van der Waals surface area (Å²) in [5.41, 5.74) is -0.506. The second kappa shape index (κ2) is 5.71. The van der Waals surface area contributed by atoms with E-state index in [1.54, 1.807) is 9.80 Å². The molecular formula is C12H19N3O3. The van der Waals surface area contributed by atoms with Crippen molar-refractivity contribution in [3.05, 3.63) is 11.4 Å². The summed E-state index contributed by atoms with van der Waals surface area (Å²) in [7, 11) is 0. The van der Waals surface area contributed by atoms with Gasteiger partial charge in [0, 0.05) is 26.2 Å². The Labute approximate surface area is 107 Å². The molecule has 1 saturated heterocycles. The molecule has 0 atom stereocenters. The molecule has 1 fully saturated rings. The van der Waals surface area contributed by atoms with Gasteiger partial charge in [0.2, 0.25) is 0 Å². The van der Waals surface area contributed by atoms with Crippen molar-refractivity contribution in [1.29, 1.82) is 0 Å². The number of carbonyl (C=O) groups is 2. The Hall–Kier alpha value is -1.77. The number of rotatable bonds is 1. The van der Waals surface area contributed by atoms with E-state index in [-0.39, 0.29) is 18.5 Å². The van der Waals surface area contributed by atoms with E-state index < -0.39 is 5.60 Å². The van der Waals surface area contributed by atoms with E-state index in [9.17, 15) is 9.59 Å². The molecule has 0 spiro atoms. The summed E-state index contributed by atoms with van der Waals surface area (Å²) in [4.78, 5) is 29.5. The highest BCUT2D eigenvalue weighted by Gasteiger charge is 2.28. The standard InChI is InChI=1S/C12H19N3O3/c1-12(2,3)18-11(17)15-7-5-14(6-8-15)10(16)9-13-4/h5-9H2,1-3H3. The summed E-state index contributed by atoms with van der Waals surface area (Å²) in [6.07, 6.45) is -0.347. The molecule has 0 N–H and O–H groups in total. The van der Waals surface area contributed by atoms with Crippen LogP contribution in [0.1, 0.15) is 20.8 Å². The summed E-state index contributed by atoms with van der Waals surface area (Å²) >= 11 is 0. The minimum absolute atomic E-state index is 0.119. The zero-order valence-electron chi connectivity index (χ0n) is 11.1. The van der Waals surface area contributed by atoms with E-state index in [2.05, 4.69) is 4.85 Å². The zero-order valence-corrected chi connectivity index (χ0v) is 11.1. The number of hydrogen-bond donors (Lipinski definition) is 0. The molecule has 0 unspecified atom stereocenters. The molecule has 1 heterocycles. The predicted octanol–water partition coefficient (Wildman–Crippen LogP) is 0.985. The Kier molecular flexibility index (Phi) is 4.54. The number of piperazine rings is 1. The van der Waals surface area contributed by atoms with Crippen molar-refractivity contribution in [2.75, 3.05) is 32.7 Å². The lowest BCUT2D eigenvalue weighted by atomic mass is 10.2. The first kappa shape index (κ1) is 14.3. The Morgan fingerprint density at radius 1 is 1.17 bits per heavy atom. The van der Waals surface area contributed by atoms with E-state index >= 15 is 0 Å². The van der Waals surface area contributed by atoms with E-state index in [4.69, 9.17) is 11.3 Å². The Morgan fingerprint density at radius 2 is 1.67 bits per heavy atom. The molecule has 100 valence electrons. The van der Waals surface area contributed by atoms with Gasteiger partial charge in [0.25, 0.3) is 6.54 Å². The lowest BCUT2D eigenvalue weighted by molar-refractivity contribution is -0.130. The van der Waals surface area contributed by atoms with Gasteiger partial charge < -0.3 is 19.4 Å². The van der Waals surface area contributed by atoms with Crippen molar-refractivity contribution in [1.82, 2.24) is 9.80 Å². The molecule has 0 bridgehead atoms. The van der Waals surface area contributed by atoms with Gasteiger partial charge >= 0.3 is 12.0 Å². The number of hydrogen-bond acceptors (Lipinski definition) is 3. The molecule has 0 aromatic carbocycles. The lowest BCUT2D eigenvalue weighted by Gasteiger charge is -2.34. The number of ether oxygens (including phenoxy) is 1. The number of carbonyl (C=O) groups excluding carboxylic acids is 2. The molecule has 6 heteroatoms. The van der Waals surface area contributed by atoms with Crippen molar-refractivity contribution in [2.24, 2.45) is 0 Å². The van der Waals surface area contributed by atoms with Crippen LogP contribution in [0, 0.1) is 6.57 Å². The van der Waals surface area contributed by atoms with Crippen LogP contribution in [0.3, 0.4) is 0 Å². The summed E-state index contributed by atoms with van der Waals surface area (Å²) in [5, 5.41) is 0. The van der Waals surface area contributed by atoms with Crippen LogP contribution in [0.15, 0.2) is 0 Å². The van der Waals surface area contributed by atoms with Gasteiger partial charge in [-0.3, -0.25) is 4.79 Å². The first-order chi connectivity index (χ1) is 8.33. The summed E-state index contributed by atoms with van der Waals surface area (Å²) in [6.45, 7) is 13.8. The maximum Gasteiger partial charge on any atom is 0.410 e. The molecule has 0 radical (unpaired) electrons. The van der Waals surface area contributed by atoms with Crippen LogP contribution < -0.4 is 0 Å². The third kappa shape index (κ3) is 4.24. The number of nitrogens with zero attached hydrogens (tertiary/aromatic N) is 3. The summed E-state index contributed by atoms with van der Waals surface area (Å²) in [6, 6.07) is 0. The predicted molar refractivity (Wildman–Crippen MR) is 65.9 cm³/mol. The fraction of sp³-hybridized carbons (Fsp3) is 0.750. The third-order valence-electron chi connectivity index (χ3n) is 2.50. The highest BCUT2D eigenvalue weighted by Crippen LogP contribution is 2.11. The third-order valence-corrected chi connectivity index (χ3v) is 2.50. The Bertz CT molecular complexity index is 360. The highest BCUT2D eigenvalue weighted by atomic mass is 16.6. The maximum atomic E-state index is 11.8. The molecule has 1 rings (SSSR count). The molecule has 1 aliphatic rings. The van der Waals surface area contributed by atoms with Gasteiger partial charge in [-0.15, -0.1) is 0 Å². The van der Waals surface area contributed by atoms with Crippen LogP contribution in [-0.4, -0.2) is 60.1 Å². The maximum absolute atomic E-state index is 11.8. The van der Waals surface area contributed by atoms with Crippen molar-refractivity contribution < 1.29 is 14.3 Å². The summed E-state index contributed by atoms with van der Waals surface area (Å²) in [5.74, 6) is -0.172. The minimum Gasteiger partial charge on any atom is -0.444 e. The quantitative estimate of drug-likeness (QED) is 0.655. The average molecular weight is 253 g/mol. The molecular weight excluding hydrogens is 234 g/mol.